The summed E-state index contributed by atoms with van der Waals surface area (Å²) in [7, 11) is 1.61. The van der Waals surface area contributed by atoms with Crippen LogP contribution in [-0.4, -0.2) is 23.2 Å². The molecule has 1 aromatic heterocycles. The number of carbonyl (C=O) groups is 1. The number of fused-ring (bicyclic) bond motifs is 2. The minimum atomic E-state index is -0.168. The van der Waals surface area contributed by atoms with Gasteiger partial charge in [-0.1, -0.05) is 23.7 Å². The summed E-state index contributed by atoms with van der Waals surface area (Å²) in [6.07, 6.45) is 5.60. The Bertz CT molecular complexity index is 757. The summed E-state index contributed by atoms with van der Waals surface area (Å²) >= 11 is 0. The fourth-order valence-electron chi connectivity index (χ4n) is 4.23. The lowest BCUT2D eigenvalue weighted by molar-refractivity contribution is -0.147. The molecule has 2 aliphatic rings. The zero-order chi connectivity index (χ0) is 17.2. The van der Waals surface area contributed by atoms with E-state index >= 15 is 0 Å². The van der Waals surface area contributed by atoms with Gasteiger partial charge in [-0.15, -0.1) is 0 Å². The number of aromatic nitrogens is 2. The van der Waals surface area contributed by atoms with Gasteiger partial charge in [0.05, 0.1) is 7.11 Å². The third-order valence-corrected chi connectivity index (χ3v) is 5.47. The number of methoxy groups -OCH3 is 1. The first-order chi connectivity index (χ1) is 12.2. The Morgan fingerprint density at radius 2 is 2.24 bits per heavy atom. The van der Waals surface area contributed by atoms with Gasteiger partial charge in [0.1, 0.15) is 5.75 Å². The first-order valence-electron chi connectivity index (χ1n) is 8.84. The minimum absolute atomic E-state index is 0.0244. The van der Waals surface area contributed by atoms with Crippen LogP contribution in [0.4, 0.5) is 0 Å². The Kier molecular flexibility index (Phi) is 4.42. The molecule has 6 heteroatoms. The molecular weight excluding hydrogens is 320 g/mol. The number of benzene rings is 1. The van der Waals surface area contributed by atoms with Crippen LogP contribution in [0.15, 0.2) is 28.8 Å². The molecule has 2 bridgehead atoms. The van der Waals surface area contributed by atoms with Crippen molar-refractivity contribution < 1.29 is 18.8 Å². The molecule has 6 nitrogen and oxygen atoms in total. The minimum Gasteiger partial charge on any atom is -0.497 e. The van der Waals surface area contributed by atoms with E-state index < -0.39 is 0 Å². The first-order valence-corrected chi connectivity index (χ1v) is 8.84. The van der Waals surface area contributed by atoms with Crippen molar-refractivity contribution in [1.82, 2.24) is 10.1 Å². The van der Waals surface area contributed by atoms with E-state index in [2.05, 4.69) is 10.1 Å². The van der Waals surface area contributed by atoms with Gasteiger partial charge in [0.2, 0.25) is 5.82 Å². The van der Waals surface area contributed by atoms with Crippen molar-refractivity contribution in [3.63, 3.8) is 0 Å². The van der Waals surface area contributed by atoms with Crippen LogP contribution in [0.2, 0.25) is 0 Å². The maximum atomic E-state index is 12.1. The Balaban J connectivity index is 1.31. The van der Waals surface area contributed by atoms with Crippen LogP contribution in [0.5, 0.6) is 5.75 Å². The van der Waals surface area contributed by atoms with E-state index in [0.29, 0.717) is 24.1 Å². The highest BCUT2D eigenvalue weighted by Crippen LogP contribution is 2.49. The van der Waals surface area contributed by atoms with Crippen LogP contribution in [0, 0.1) is 17.8 Å². The van der Waals surface area contributed by atoms with E-state index in [1.807, 2.05) is 24.3 Å². The van der Waals surface area contributed by atoms with Crippen LogP contribution in [0.1, 0.15) is 38.0 Å². The second-order valence-electron chi connectivity index (χ2n) is 7.04. The Morgan fingerprint density at radius 1 is 1.32 bits per heavy atom. The largest absolute Gasteiger partial charge is 0.497 e. The smallest absolute Gasteiger partial charge is 0.306 e. The van der Waals surface area contributed by atoms with Crippen molar-refractivity contribution >= 4 is 5.97 Å². The van der Waals surface area contributed by atoms with Crippen LogP contribution < -0.4 is 4.74 Å². The maximum absolute atomic E-state index is 12.1. The summed E-state index contributed by atoms with van der Waals surface area (Å²) in [5.41, 5.74) is 0.794. The number of nitrogens with zero attached hydrogens (tertiary/aromatic N) is 2. The third-order valence-electron chi connectivity index (χ3n) is 5.47. The average Bonchev–Trinajstić information content (AvgIpc) is 3.37. The lowest BCUT2D eigenvalue weighted by atomic mass is 9.86. The SMILES string of the molecule is COc1cccc(-c2noc(COC(=O)CC3CC4CCC3C4)n2)c1. The summed E-state index contributed by atoms with van der Waals surface area (Å²) in [6, 6.07) is 7.41. The van der Waals surface area contributed by atoms with Crippen LogP contribution in [0.25, 0.3) is 11.4 Å². The molecule has 3 unspecified atom stereocenters. The van der Waals surface area contributed by atoms with Gasteiger partial charge in [0.15, 0.2) is 6.61 Å². The maximum Gasteiger partial charge on any atom is 0.306 e. The zero-order valence-electron chi connectivity index (χ0n) is 14.3. The van der Waals surface area contributed by atoms with Gasteiger partial charge in [0, 0.05) is 12.0 Å². The molecule has 2 saturated carbocycles. The summed E-state index contributed by atoms with van der Waals surface area (Å²) in [6.45, 7) is 0.0244. The average molecular weight is 342 g/mol. The monoisotopic (exact) mass is 342 g/mol. The van der Waals surface area contributed by atoms with E-state index in [1.165, 1.54) is 25.7 Å². The second kappa shape index (κ2) is 6.86. The molecule has 0 radical (unpaired) electrons. The Labute approximate surface area is 146 Å². The van der Waals surface area contributed by atoms with Gasteiger partial charge < -0.3 is 14.0 Å². The predicted octanol–water partition coefficient (Wildman–Crippen LogP) is 3.61. The molecule has 2 aliphatic carbocycles. The van der Waals surface area contributed by atoms with Crippen molar-refractivity contribution in [2.75, 3.05) is 7.11 Å². The molecule has 1 heterocycles. The highest BCUT2D eigenvalue weighted by Gasteiger charge is 2.40. The quantitative estimate of drug-likeness (QED) is 0.747. The lowest BCUT2D eigenvalue weighted by Crippen LogP contribution is -2.17. The number of ether oxygens (including phenoxy) is 2. The molecule has 0 amide bonds. The molecule has 0 N–H and O–H groups in total. The molecule has 0 saturated heterocycles. The van der Waals surface area contributed by atoms with Gasteiger partial charge >= 0.3 is 5.97 Å². The van der Waals surface area contributed by atoms with Gasteiger partial charge in [-0.25, -0.2) is 0 Å². The lowest BCUT2D eigenvalue weighted by Gasteiger charge is -2.20. The Hall–Kier alpha value is -2.37. The van der Waals surface area contributed by atoms with E-state index in [-0.39, 0.29) is 12.6 Å². The number of rotatable bonds is 6. The van der Waals surface area contributed by atoms with Gasteiger partial charge in [0.25, 0.3) is 5.89 Å². The molecule has 3 atom stereocenters. The van der Waals surface area contributed by atoms with Crippen molar-refractivity contribution in [2.45, 2.75) is 38.7 Å². The van der Waals surface area contributed by atoms with Crippen LogP contribution >= 0.6 is 0 Å². The fraction of sp³-hybridized carbons (Fsp3) is 0.526. The van der Waals surface area contributed by atoms with Gasteiger partial charge in [-0.2, -0.15) is 4.98 Å². The standard InChI is InChI=1S/C19H22N2O4/c1-23-16-4-2-3-14(9-16)19-20-17(25-21-19)11-24-18(22)10-15-8-12-5-6-13(15)7-12/h2-4,9,12-13,15H,5-8,10-11H2,1H3. The third kappa shape index (κ3) is 3.52. The highest BCUT2D eigenvalue weighted by molar-refractivity contribution is 5.69. The van der Waals surface area contributed by atoms with Crippen molar-refractivity contribution in [2.24, 2.45) is 17.8 Å². The topological polar surface area (TPSA) is 74.5 Å². The highest BCUT2D eigenvalue weighted by atomic mass is 16.6. The molecule has 2 aromatic rings. The van der Waals surface area contributed by atoms with Gasteiger partial charge in [-0.05, 0) is 49.1 Å². The van der Waals surface area contributed by atoms with Crippen LogP contribution in [0.3, 0.4) is 0 Å². The normalized spacial score (nSPS) is 24.4. The molecule has 2 fully saturated rings. The number of hydrogen-bond acceptors (Lipinski definition) is 6. The molecule has 0 aliphatic heterocycles. The van der Waals surface area contributed by atoms with E-state index in [9.17, 15) is 4.79 Å². The summed E-state index contributed by atoms with van der Waals surface area (Å²) in [4.78, 5) is 16.4. The molecule has 132 valence electrons. The summed E-state index contributed by atoms with van der Waals surface area (Å²) in [5.74, 6) is 3.38. The van der Waals surface area contributed by atoms with Crippen molar-refractivity contribution in [3.8, 4) is 17.1 Å². The van der Waals surface area contributed by atoms with Crippen molar-refractivity contribution in [1.29, 1.82) is 0 Å². The molecule has 1 aromatic carbocycles. The fourth-order valence-corrected chi connectivity index (χ4v) is 4.23. The summed E-state index contributed by atoms with van der Waals surface area (Å²) < 4.78 is 15.7. The first kappa shape index (κ1) is 16.1. The van der Waals surface area contributed by atoms with E-state index in [1.54, 1.807) is 7.11 Å². The van der Waals surface area contributed by atoms with Crippen LogP contribution in [-0.2, 0) is 16.1 Å². The summed E-state index contributed by atoms with van der Waals surface area (Å²) in [5, 5.41) is 3.94. The second-order valence-corrected chi connectivity index (χ2v) is 7.04. The van der Waals surface area contributed by atoms with E-state index in [0.717, 1.165) is 23.1 Å². The molecule has 25 heavy (non-hydrogen) atoms. The van der Waals surface area contributed by atoms with Crippen molar-refractivity contribution in [3.05, 3.63) is 30.2 Å². The zero-order valence-corrected chi connectivity index (χ0v) is 14.3. The molecular formula is C19H22N2O4. The van der Waals surface area contributed by atoms with E-state index in [4.69, 9.17) is 14.0 Å². The van der Waals surface area contributed by atoms with Gasteiger partial charge in [-0.3, -0.25) is 4.79 Å². The number of hydrogen-bond donors (Lipinski definition) is 0. The number of carbonyl (C=O) groups excluding carboxylic acids is 1. The molecule has 0 spiro atoms. The molecule has 4 rings (SSSR count). The Morgan fingerprint density at radius 3 is 3.00 bits per heavy atom. The number of esters is 1. The predicted molar refractivity (Wildman–Crippen MR) is 89.6 cm³/mol.